The zero-order valence-electron chi connectivity index (χ0n) is 14.8. The summed E-state index contributed by atoms with van der Waals surface area (Å²) >= 11 is 0. The molecule has 1 amide bonds. The quantitative estimate of drug-likeness (QED) is 0.888. The maximum atomic E-state index is 12.3. The average Bonchev–Trinajstić information content (AvgIpc) is 2.94. The molecule has 1 aromatic carbocycles. The largest absolute Gasteiger partial charge is 0.373 e. The van der Waals surface area contributed by atoms with Crippen LogP contribution in [0, 0.1) is 0 Å². The highest BCUT2D eigenvalue weighted by Gasteiger charge is 2.27. The van der Waals surface area contributed by atoms with Crippen molar-refractivity contribution < 1.29 is 9.53 Å². The Bertz CT molecular complexity index is 527. The van der Waals surface area contributed by atoms with E-state index in [1.165, 1.54) is 5.56 Å². The Labute approximate surface area is 145 Å². The Kier molecular flexibility index (Phi) is 5.87. The number of hydrogen-bond acceptors (Lipinski definition) is 4. The zero-order valence-corrected chi connectivity index (χ0v) is 14.8. The van der Waals surface area contributed by atoms with Gasteiger partial charge < -0.3 is 10.1 Å². The second kappa shape index (κ2) is 8.10. The first kappa shape index (κ1) is 17.4. The van der Waals surface area contributed by atoms with Crippen molar-refractivity contribution in [2.75, 3.05) is 32.7 Å². The molecule has 1 aromatic rings. The average molecular weight is 331 g/mol. The van der Waals surface area contributed by atoms with Crippen molar-refractivity contribution in [3.05, 3.63) is 35.9 Å². The number of likely N-dealkylation sites (tertiary alicyclic amines) is 1. The molecule has 0 spiro atoms. The summed E-state index contributed by atoms with van der Waals surface area (Å²) in [4.78, 5) is 16.9. The summed E-state index contributed by atoms with van der Waals surface area (Å²) in [5.41, 5.74) is 1.33. The van der Waals surface area contributed by atoms with Crippen LogP contribution in [0.1, 0.15) is 25.8 Å². The molecule has 24 heavy (non-hydrogen) atoms. The molecule has 5 heteroatoms. The van der Waals surface area contributed by atoms with Gasteiger partial charge in [-0.25, -0.2) is 0 Å². The van der Waals surface area contributed by atoms with Crippen LogP contribution in [-0.2, 0) is 16.1 Å². The van der Waals surface area contributed by atoms with E-state index in [9.17, 15) is 4.79 Å². The van der Waals surface area contributed by atoms with Gasteiger partial charge in [0, 0.05) is 38.8 Å². The monoisotopic (exact) mass is 331 g/mol. The third-order valence-electron chi connectivity index (χ3n) is 4.75. The molecule has 0 bridgehead atoms. The van der Waals surface area contributed by atoms with Crippen LogP contribution in [0.2, 0.25) is 0 Å². The molecule has 0 radical (unpaired) electrons. The molecule has 3 atom stereocenters. The summed E-state index contributed by atoms with van der Waals surface area (Å²) in [5.74, 6) is 0.142. The number of rotatable bonds is 5. The number of morpholine rings is 1. The first-order chi connectivity index (χ1) is 11.6. The lowest BCUT2D eigenvalue weighted by atomic mass is 10.2. The highest BCUT2D eigenvalue weighted by Crippen LogP contribution is 2.14. The van der Waals surface area contributed by atoms with Gasteiger partial charge in [-0.3, -0.25) is 14.6 Å². The number of ether oxygens (including phenoxy) is 1. The smallest absolute Gasteiger partial charge is 0.234 e. The Balaban J connectivity index is 1.41. The van der Waals surface area contributed by atoms with E-state index in [0.717, 1.165) is 39.1 Å². The van der Waals surface area contributed by atoms with Crippen molar-refractivity contribution >= 4 is 5.91 Å². The summed E-state index contributed by atoms with van der Waals surface area (Å²) in [6, 6.07) is 10.8. The molecule has 132 valence electrons. The maximum absolute atomic E-state index is 12.3. The van der Waals surface area contributed by atoms with E-state index >= 15 is 0 Å². The summed E-state index contributed by atoms with van der Waals surface area (Å²) in [5, 5.41) is 3.21. The van der Waals surface area contributed by atoms with Crippen molar-refractivity contribution in [1.29, 1.82) is 0 Å². The number of benzene rings is 1. The second-order valence-electron chi connectivity index (χ2n) is 7.23. The Morgan fingerprint density at radius 3 is 2.54 bits per heavy atom. The van der Waals surface area contributed by atoms with Crippen LogP contribution in [0.15, 0.2) is 30.3 Å². The predicted octanol–water partition coefficient (Wildman–Crippen LogP) is 1.49. The molecule has 3 rings (SSSR count). The van der Waals surface area contributed by atoms with Crippen molar-refractivity contribution in [1.82, 2.24) is 15.1 Å². The summed E-state index contributed by atoms with van der Waals surface area (Å²) in [6.07, 6.45) is 1.44. The van der Waals surface area contributed by atoms with Crippen LogP contribution < -0.4 is 5.32 Å². The molecule has 2 saturated heterocycles. The number of carbonyl (C=O) groups excluding carboxylic acids is 1. The van der Waals surface area contributed by atoms with Gasteiger partial charge in [0.05, 0.1) is 18.8 Å². The molecule has 0 saturated carbocycles. The molecular weight excluding hydrogens is 302 g/mol. The van der Waals surface area contributed by atoms with Crippen molar-refractivity contribution in [2.24, 2.45) is 0 Å². The van der Waals surface area contributed by atoms with Gasteiger partial charge >= 0.3 is 0 Å². The number of carbonyl (C=O) groups is 1. The lowest BCUT2D eigenvalue weighted by Gasteiger charge is -2.34. The minimum Gasteiger partial charge on any atom is -0.373 e. The Morgan fingerprint density at radius 2 is 1.83 bits per heavy atom. The highest BCUT2D eigenvalue weighted by molar-refractivity contribution is 5.78. The van der Waals surface area contributed by atoms with E-state index in [2.05, 4.69) is 53.2 Å². The van der Waals surface area contributed by atoms with Gasteiger partial charge in [0.25, 0.3) is 0 Å². The first-order valence-corrected chi connectivity index (χ1v) is 9.02. The molecule has 2 fully saturated rings. The van der Waals surface area contributed by atoms with E-state index in [-0.39, 0.29) is 24.2 Å². The minimum absolute atomic E-state index is 0.142. The highest BCUT2D eigenvalue weighted by atomic mass is 16.5. The third-order valence-corrected chi connectivity index (χ3v) is 4.75. The van der Waals surface area contributed by atoms with Gasteiger partial charge in [0.15, 0.2) is 0 Å². The molecule has 1 N–H and O–H groups in total. The standard InChI is InChI=1S/C19H29N3O2/c1-15-10-22(11-16(2)24-15)14-19(23)20-18-8-9-21(13-18)12-17-6-4-3-5-7-17/h3-7,15-16,18H,8-14H2,1-2H3,(H,20,23)/t15-,16+,18-/m0/s1. The summed E-state index contributed by atoms with van der Waals surface area (Å²) < 4.78 is 5.72. The van der Waals surface area contributed by atoms with Crippen molar-refractivity contribution in [3.63, 3.8) is 0 Å². The van der Waals surface area contributed by atoms with E-state index < -0.39 is 0 Å². The normalized spacial score (nSPS) is 28.8. The van der Waals surface area contributed by atoms with Crippen LogP contribution in [0.5, 0.6) is 0 Å². The molecular formula is C19H29N3O2. The van der Waals surface area contributed by atoms with Gasteiger partial charge in [-0.1, -0.05) is 30.3 Å². The van der Waals surface area contributed by atoms with E-state index in [4.69, 9.17) is 4.74 Å². The van der Waals surface area contributed by atoms with Crippen molar-refractivity contribution in [3.8, 4) is 0 Å². The summed E-state index contributed by atoms with van der Waals surface area (Å²) in [7, 11) is 0. The van der Waals surface area contributed by atoms with Gasteiger partial charge in [0.1, 0.15) is 0 Å². The van der Waals surface area contributed by atoms with Gasteiger partial charge in [-0.2, -0.15) is 0 Å². The first-order valence-electron chi connectivity index (χ1n) is 9.02. The Hall–Kier alpha value is -1.43. The van der Waals surface area contributed by atoms with Crippen molar-refractivity contribution in [2.45, 2.75) is 45.1 Å². The number of hydrogen-bond donors (Lipinski definition) is 1. The van der Waals surface area contributed by atoms with Crippen LogP contribution in [0.3, 0.4) is 0 Å². The SMILES string of the molecule is C[C@@H]1CN(CC(=O)N[C@H]2CCN(Cc3ccccc3)C2)C[C@H](C)O1. The molecule has 2 heterocycles. The predicted molar refractivity (Wildman–Crippen MR) is 94.7 cm³/mol. The number of nitrogens with zero attached hydrogens (tertiary/aromatic N) is 2. The van der Waals surface area contributed by atoms with E-state index in [1.807, 2.05) is 6.07 Å². The minimum atomic E-state index is 0.142. The number of amides is 1. The van der Waals surface area contributed by atoms with Crippen LogP contribution in [0.25, 0.3) is 0 Å². The number of nitrogens with one attached hydrogen (secondary N) is 1. The maximum Gasteiger partial charge on any atom is 0.234 e. The fourth-order valence-corrected chi connectivity index (χ4v) is 3.83. The lowest BCUT2D eigenvalue weighted by molar-refractivity contribution is -0.126. The molecule has 5 nitrogen and oxygen atoms in total. The fraction of sp³-hybridized carbons (Fsp3) is 0.632. The third kappa shape index (κ3) is 5.03. The van der Waals surface area contributed by atoms with Crippen LogP contribution in [-0.4, -0.2) is 66.7 Å². The molecule has 2 aliphatic heterocycles. The van der Waals surface area contributed by atoms with E-state index in [1.54, 1.807) is 0 Å². The molecule has 0 aliphatic carbocycles. The zero-order chi connectivity index (χ0) is 16.9. The topological polar surface area (TPSA) is 44.8 Å². The second-order valence-corrected chi connectivity index (χ2v) is 7.23. The molecule has 0 aromatic heterocycles. The summed E-state index contributed by atoms with van der Waals surface area (Å²) in [6.45, 7) is 9.24. The molecule has 0 unspecified atom stereocenters. The van der Waals surface area contributed by atoms with Gasteiger partial charge in [-0.05, 0) is 25.8 Å². The Morgan fingerprint density at radius 1 is 1.12 bits per heavy atom. The van der Waals surface area contributed by atoms with Gasteiger partial charge in [-0.15, -0.1) is 0 Å². The van der Waals surface area contributed by atoms with Crippen LogP contribution in [0.4, 0.5) is 0 Å². The molecule has 2 aliphatic rings. The van der Waals surface area contributed by atoms with E-state index in [0.29, 0.717) is 6.54 Å². The van der Waals surface area contributed by atoms with Gasteiger partial charge in [0.2, 0.25) is 5.91 Å². The lowest BCUT2D eigenvalue weighted by Crippen LogP contribution is -2.50. The van der Waals surface area contributed by atoms with Crippen LogP contribution >= 0.6 is 0 Å². The fourth-order valence-electron chi connectivity index (χ4n) is 3.83.